The molecule has 2 heterocycles. The molecule has 1 atom stereocenters. The normalized spacial score (nSPS) is 16.2. The molecular formula is C22H22N4O4S. The molecule has 31 heavy (non-hydrogen) atoms. The molecule has 0 spiro atoms. The van der Waals surface area contributed by atoms with Gasteiger partial charge in [-0.05, 0) is 22.4 Å². The van der Waals surface area contributed by atoms with Gasteiger partial charge in [0.2, 0.25) is 16.0 Å². The van der Waals surface area contributed by atoms with Gasteiger partial charge >= 0.3 is 5.97 Å². The first kappa shape index (κ1) is 21.0. The summed E-state index contributed by atoms with van der Waals surface area (Å²) in [6.45, 7) is 5.16. The van der Waals surface area contributed by atoms with E-state index in [1.807, 2.05) is 47.4 Å². The number of aromatic nitrogens is 2. The third-order valence-corrected chi connectivity index (χ3v) is 7.59. The highest BCUT2D eigenvalue weighted by Gasteiger charge is 2.34. The molecule has 1 saturated heterocycles. The maximum absolute atomic E-state index is 13.4. The first-order valence-electron chi connectivity index (χ1n) is 9.80. The number of hydrogen-bond acceptors (Lipinski definition) is 6. The Morgan fingerprint density at radius 2 is 1.68 bits per heavy atom. The average Bonchev–Trinajstić information content (AvgIpc) is 2.79. The van der Waals surface area contributed by atoms with Crippen molar-refractivity contribution in [3.8, 4) is 0 Å². The number of piperazine rings is 1. The number of sulfonamides is 1. The number of nitrogens with zero attached hydrogens (tertiary/aromatic N) is 4. The molecule has 2 aromatic carbocycles. The molecular weight excluding hydrogens is 416 g/mol. The van der Waals surface area contributed by atoms with Crippen LogP contribution in [0.15, 0.2) is 67.5 Å². The topological polar surface area (TPSA) is 104 Å². The van der Waals surface area contributed by atoms with Crippen LogP contribution >= 0.6 is 0 Å². The molecule has 1 aromatic heterocycles. The maximum atomic E-state index is 13.4. The molecule has 1 aliphatic rings. The van der Waals surface area contributed by atoms with Gasteiger partial charge in [0, 0.05) is 38.6 Å². The summed E-state index contributed by atoms with van der Waals surface area (Å²) in [5, 5.41) is 10.2. The molecule has 3 aromatic rings. The van der Waals surface area contributed by atoms with E-state index in [2.05, 4.69) is 16.5 Å². The molecule has 0 saturated carbocycles. The van der Waals surface area contributed by atoms with Gasteiger partial charge in [-0.2, -0.15) is 4.31 Å². The molecule has 0 radical (unpaired) electrons. The van der Waals surface area contributed by atoms with Crippen molar-refractivity contribution in [3.05, 3.63) is 78.6 Å². The van der Waals surface area contributed by atoms with Crippen LogP contribution in [0.2, 0.25) is 0 Å². The Bertz CT molecular complexity index is 1220. The maximum Gasteiger partial charge on any atom is 0.338 e. The van der Waals surface area contributed by atoms with Crippen molar-refractivity contribution in [1.82, 2.24) is 14.3 Å². The van der Waals surface area contributed by atoms with Crippen molar-refractivity contribution in [1.29, 1.82) is 0 Å². The lowest BCUT2D eigenvalue weighted by atomic mass is 10.1. The van der Waals surface area contributed by atoms with Crippen LogP contribution in [0.25, 0.3) is 10.8 Å². The summed E-state index contributed by atoms with van der Waals surface area (Å²) in [7, 11) is -3.65. The van der Waals surface area contributed by atoms with E-state index >= 15 is 0 Å². The summed E-state index contributed by atoms with van der Waals surface area (Å²) in [5.74, 6) is -0.705. The van der Waals surface area contributed by atoms with Crippen LogP contribution in [0, 0.1) is 0 Å². The lowest BCUT2D eigenvalue weighted by molar-refractivity contribution is 0.0696. The highest BCUT2D eigenvalue weighted by Crippen LogP contribution is 2.30. The third-order valence-electron chi connectivity index (χ3n) is 5.40. The number of fused-ring (bicyclic) bond motifs is 1. The number of hydrogen-bond donors (Lipinski definition) is 1. The number of benzene rings is 2. The minimum atomic E-state index is -3.65. The Hall–Kier alpha value is -3.30. The van der Waals surface area contributed by atoms with Gasteiger partial charge in [0.05, 0.1) is 5.56 Å². The van der Waals surface area contributed by atoms with Crippen LogP contribution in [-0.2, 0) is 10.0 Å². The summed E-state index contributed by atoms with van der Waals surface area (Å²) in [5.41, 5.74) is 0.692. The number of carbonyl (C=O) groups is 1. The first-order chi connectivity index (χ1) is 14.9. The van der Waals surface area contributed by atoms with Crippen LogP contribution < -0.4 is 4.90 Å². The van der Waals surface area contributed by atoms with E-state index in [0.29, 0.717) is 24.6 Å². The third kappa shape index (κ3) is 4.14. The molecule has 0 amide bonds. The minimum Gasteiger partial charge on any atom is -0.478 e. The Balaban J connectivity index is 1.50. The van der Waals surface area contributed by atoms with Gasteiger partial charge < -0.3 is 10.0 Å². The quantitative estimate of drug-likeness (QED) is 0.590. The zero-order valence-electron chi connectivity index (χ0n) is 16.8. The lowest BCUT2D eigenvalue weighted by Crippen LogP contribution is -2.50. The monoisotopic (exact) mass is 438 g/mol. The Morgan fingerprint density at radius 3 is 2.29 bits per heavy atom. The standard InChI is InChI=1S/C22H22N4O4S/c1-2-20(18-8-7-16-5-3-4-6-17(16)13-18)31(29,30)26-11-9-25(10-12-26)22-23-14-19(15-24-22)21(27)28/h2-8,13-15,20H,1,9-12H2,(H,27,28). The van der Waals surface area contributed by atoms with Crippen molar-refractivity contribution >= 4 is 32.7 Å². The molecule has 8 nitrogen and oxygen atoms in total. The number of carboxylic acid groups (broad SMARTS) is 1. The zero-order chi connectivity index (χ0) is 22.0. The van der Waals surface area contributed by atoms with E-state index in [9.17, 15) is 13.2 Å². The fourth-order valence-corrected chi connectivity index (χ4v) is 5.44. The average molecular weight is 439 g/mol. The van der Waals surface area contributed by atoms with Gasteiger partial charge in [-0.3, -0.25) is 0 Å². The molecule has 1 unspecified atom stereocenters. The molecule has 4 rings (SSSR count). The van der Waals surface area contributed by atoms with Crippen molar-refractivity contribution in [2.75, 3.05) is 31.1 Å². The van der Waals surface area contributed by atoms with Gasteiger partial charge in [-0.25, -0.2) is 23.2 Å². The Labute approximate surface area is 180 Å². The van der Waals surface area contributed by atoms with Crippen LogP contribution in [0.3, 0.4) is 0 Å². The fourth-order valence-electron chi connectivity index (χ4n) is 3.71. The Morgan fingerprint density at radius 1 is 1.03 bits per heavy atom. The summed E-state index contributed by atoms with van der Waals surface area (Å²) >= 11 is 0. The van der Waals surface area contributed by atoms with Crippen molar-refractivity contribution in [2.45, 2.75) is 5.25 Å². The summed E-state index contributed by atoms with van der Waals surface area (Å²) in [4.78, 5) is 21.0. The second kappa shape index (κ2) is 8.44. The predicted octanol–water partition coefficient (Wildman–Crippen LogP) is 2.71. The molecule has 1 aliphatic heterocycles. The molecule has 160 valence electrons. The Kier molecular flexibility index (Phi) is 5.71. The summed E-state index contributed by atoms with van der Waals surface area (Å²) in [6, 6.07) is 13.5. The molecule has 0 bridgehead atoms. The number of carboxylic acids is 1. The molecule has 0 aliphatic carbocycles. The highest BCUT2D eigenvalue weighted by molar-refractivity contribution is 7.89. The van der Waals surface area contributed by atoms with E-state index in [1.54, 1.807) is 0 Å². The number of anilines is 1. The van der Waals surface area contributed by atoms with E-state index < -0.39 is 21.2 Å². The van der Waals surface area contributed by atoms with Gasteiger partial charge in [0.1, 0.15) is 5.25 Å². The summed E-state index contributed by atoms with van der Waals surface area (Å²) < 4.78 is 28.2. The predicted molar refractivity (Wildman–Crippen MR) is 119 cm³/mol. The fraction of sp³-hybridized carbons (Fsp3) is 0.227. The highest BCUT2D eigenvalue weighted by atomic mass is 32.2. The van der Waals surface area contributed by atoms with Gasteiger partial charge in [0.25, 0.3) is 0 Å². The minimum absolute atomic E-state index is 0.00849. The summed E-state index contributed by atoms with van der Waals surface area (Å²) in [6.07, 6.45) is 3.97. The van der Waals surface area contributed by atoms with Gasteiger partial charge in [0.15, 0.2) is 0 Å². The first-order valence-corrected chi connectivity index (χ1v) is 11.3. The van der Waals surface area contributed by atoms with Crippen LogP contribution in [0.5, 0.6) is 0 Å². The second-order valence-corrected chi connectivity index (χ2v) is 9.33. The van der Waals surface area contributed by atoms with Crippen molar-refractivity contribution in [2.24, 2.45) is 0 Å². The second-order valence-electron chi connectivity index (χ2n) is 7.27. The van der Waals surface area contributed by atoms with E-state index in [0.717, 1.165) is 10.8 Å². The molecule has 1 N–H and O–H groups in total. The number of rotatable bonds is 6. The SMILES string of the molecule is C=CC(c1ccc2ccccc2c1)S(=O)(=O)N1CCN(c2ncc(C(=O)O)cn2)CC1. The lowest BCUT2D eigenvalue weighted by Gasteiger charge is -2.35. The van der Waals surface area contributed by atoms with Crippen LogP contribution in [0.4, 0.5) is 5.95 Å². The largest absolute Gasteiger partial charge is 0.478 e. The van der Waals surface area contributed by atoms with E-state index in [-0.39, 0.29) is 18.7 Å². The smallest absolute Gasteiger partial charge is 0.338 e. The zero-order valence-corrected chi connectivity index (χ0v) is 17.6. The van der Waals surface area contributed by atoms with Crippen molar-refractivity contribution < 1.29 is 18.3 Å². The van der Waals surface area contributed by atoms with E-state index in [4.69, 9.17) is 5.11 Å². The van der Waals surface area contributed by atoms with Gasteiger partial charge in [-0.15, -0.1) is 6.58 Å². The number of aromatic carboxylic acids is 1. The molecule has 1 fully saturated rings. The van der Waals surface area contributed by atoms with E-state index in [1.165, 1.54) is 22.8 Å². The van der Waals surface area contributed by atoms with Gasteiger partial charge in [-0.1, -0.05) is 42.5 Å². The molecule has 9 heteroatoms. The van der Waals surface area contributed by atoms with Crippen LogP contribution in [0.1, 0.15) is 21.2 Å². The van der Waals surface area contributed by atoms with Crippen LogP contribution in [-0.4, -0.2) is 59.9 Å². The van der Waals surface area contributed by atoms with Crippen molar-refractivity contribution in [3.63, 3.8) is 0 Å².